The molecule has 29 heavy (non-hydrogen) atoms. The molecule has 0 unspecified atom stereocenters. The van der Waals surface area contributed by atoms with Gasteiger partial charge in [0, 0.05) is 5.56 Å². The zero-order chi connectivity index (χ0) is 21.4. The smallest absolute Gasteiger partial charge is 0.416 e. The maximum atomic E-state index is 12.7. The maximum absolute atomic E-state index is 12.7. The van der Waals surface area contributed by atoms with Crippen molar-refractivity contribution in [1.29, 1.82) is 0 Å². The number of rotatable bonds is 7. The number of benzene rings is 2. The first kappa shape index (κ1) is 22.7. The first-order valence-electron chi connectivity index (χ1n) is 8.29. The van der Waals surface area contributed by atoms with Crippen LogP contribution in [-0.4, -0.2) is 31.3 Å². The van der Waals surface area contributed by atoms with Crippen molar-refractivity contribution in [2.75, 3.05) is 13.2 Å². The summed E-state index contributed by atoms with van der Waals surface area (Å²) >= 11 is 2.01. The van der Waals surface area contributed by atoms with Crippen LogP contribution in [-0.2, 0) is 15.7 Å². The van der Waals surface area contributed by atoms with Crippen LogP contribution in [0.1, 0.15) is 28.4 Å². The van der Waals surface area contributed by atoms with E-state index in [1.54, 1.807) is 25.1 Å². The van der Waals surface area contributed by atoms with Crippen LogP contribution in [0.25, 0.3) is 0 Å². The summed E-state index contributed by atoms with van der Waals surface area (Å²) in [6, 6.07) is 9.01. The summed E-state index contributed by atoms with van der Waals surface area (Å²) in [7, 11) is 0. The number of nitrogens with zero attached hydrogens (tertiary/aromatic N) is 1. The number of halogens is 4. The average molecular weight is 520 g/mol. The molecule has 0 aliphatic heterocycles. The summed E-state index contributed by atoms with van der Waals surface area (Å²) in [5, 5.41) is 3.76. The quantitative estimate of drug-likeness (QED) is 0.259. The Morgan fingerprint density at radius 1 is 1.21 bits per heavy atom. The molecule has 0 aliphatic carbocycles. The lowest BCUT2D eigenvalue weighted by atomic mass is 10.1. The van der Waals surface area contributed by atoms with Crippen molar-refractivity contribution >= 4 is 40.7 Å². The van der Waals surface area contributed by atoms with Gasteiger partial charge in [-0.05, 0) is 71.5 Å². The van der Waals surface area contributed by atoms with Crippen molar-refractivity contribution in [1.82, 2.24) is 5.43 Å². The highest BCUT2D eigenvalue weighted by Gasteiger charge is 2.30. The summed E-state index contributed by atoms with van der Waals surface area (Å²) in [5.41, 5.74) is 1.72. The monoisotopic (exact) mass is 520 g/mol. The van der Waals surface area contributed by atoms with Gasteiger partial charge in [-0.3, -0.25) is 4.79 Å². The molecule has 0 radical (unpaired) electrons. The number of carbonyl (C=O) groups excluding carboxylic acids is 2. The second-order valence-corrected chi connectivity index (χ2v) is 6.72. The van der Waals surface area contributed by atoms with Gasteiger partial charge in [0.25, 0.3) is 5.91 Å². The maximum Gasteiger partial charge on any atom is 0.416 e. The number of esters is 1. The molecule has 2 aromatic carbocycles. The zero-order valence-electron chi connectivity index (χ0n) is 15.1. The molecule has 2 aromatic rings. The van der Waals surface area contributed by atoms with Crippen LogP contribution >= 0.6 is 22.6 Å². The Balaban J connectivity index is 1.97. The number of amides is 1. The highest BCUT2D eigenvalue weighted by molar-refractivity contribution is 14.1. The summed E-state index contributed by atoms with van der Waals surface area (Å²) in [6.07, 6.45) is -3.20. The Bertz CT molecular complexity index is 917. The Morgan fingerprint density at radius 2 is 1.97 bits per heavy atom. The second-order valence-electron chi connectivity index (χ2n) is 5.56. The first-order valence-corrected chi connectivity index (χ1v) is 9.37. The predicted molar refractivity (Wildman–Crippen MR) is 108 cm³/mol. The van der Waals surface area contributed by atoms with E-state index < -0.39 is 23.6 Å². The molecule has 0 bridgehead atoms. The molecule has 0 spiro atoms. The van der Waals surface area contributed by atoms with E-state index in [9.17, 15) is 22.8 Å². The van der Waals surface area contributed by atoms with E-state index in [1.165, 1.54) is 12.3 Å². The summed E-state index contributed by atoms with van der Waals surface area (Å²) in [4.78, 5) is 23.3. The molecule has 1 amide bonds. The van der Waals surface area contributed by atoms with Crippen molar-refractivity contribution < 1.29 is 32.2 Å². The molecule has 1 N–H and O–H groups in total. The number of ether oxygens (including phenoxy) is 2. The molecule has 0 aliphatic rings. The molecule has 0 aromatic heterocycles. The second kappa shape index (κ2) is 10.2. The van der Waals surface area contributed by atoms with Gasteiger partial charge in [0.05, 0.1) is 22.0 Å². The summed E-state index contributed by atoms with van der Waals surface area (Å²) < 4.78 is 49.0. The molecule has 0 saturated carbocycles. The molecule has 0 fully saturated rings. The van der Waals surface area contributed by atoms with Gasteiger partial charge in [0.15, 0.2) is 6.61 Å². The number of carbonyl (C=O) groups is 2. The van der Waals surface area contributed by atoms with Crippen LogP contribution in [0.3, 0.4) is 0 Å². The molecule has 2 rings (SSSR count). The van der Waals surface area contributed by atoms with Crippen LogP contribution in [0, 0.1) is 3.57 Å². The Kier molecular flexibility index (Phi) is 8.00. The average Bonchev–Trinajstić information content (AvgIpc) is 2.67. The first-order chi connectivity index (χ1) is 13.7. The van der Waals surface area contributed by atoms with E-state index >= 15 is 0 Å². The van der Waals surface area contributed by atoms with Gasteiger partial charge in [-0.25, -0.2) is 10.2 Å². The summed E-state index contributed by atoms with van der Waals surface area (Å²) in [5.74, 6) is -0.772. The van der Waals surface area contributed by atoms with Gasteiger partial charge >= 0.3 is 12.1 Å². The molecule has 0 saturated heterocycles. The van der Waals surface area contributed by atoms with Crippen molar-refractivity contribution in [3.8, 4) is 5.75 Å². The van der Waals surface area contributed by atoms with Gasteiger partial charge < -0.3 is 9.47 Å². The highest BCUT2D eigenvalue weighted by atomic mass is 127. The minimum absolute atomic E-state index is 0.158. The number of nitrogens with one attached hydrogen (secondary N) is 1. The molecule has 10 heteroatoms. The molecule has 154 valence electrons. The van der Waals surface area contributed by atoms with E-state index in [2.05, 4.69) is 10.5 Å². The predicted octanol–water partition coefficient (Wildman–Crippen LogP) is 4.02. The highest BCUT2D eigenvalue weighted by Crippen LogP contribution is 2.29. The van der Waals surface area contributed by atoms with Crippen molar-refractivity contribution in [2.24, 2.45) is 5.10 Å². The van der Waals surface area contributed by atoms with Gasteiger partial charge in [0.1, 0.15) is 5.75 Å². The molecule has 0 heterocycles. The minimum atomic E-state index is -4.53. The van der Waals surface area contributed by atoms with Crippen LogP contribution in [0.5, 0.6) is 5.75 Å². The fourth-order valence-corrected chi connectivity index (χ4v) is 2.82. The Morgan fingerprint density at radius 3 is 2.62 bits per heavy atom. The van der Waals surface area contributed by atoms with Gasteiger partial charge in [0.2, 0.25) is 0 Å². The van der Waals surface area contributed by atoms with Gasteiger partial charge in [-0.2, -0.15) is 18.3 Å². The van der Waals surface area contributed by atoms with Crippen LogP contribution in [0.4, 0.5) is 13.2 Å². The number of hydrazone groups is 1. The summed E-state index contributed by atoms with van der Waals surface area (Å²) in [6.45, 7) is 1.74. The third-order valence-electron chi connectivity index (χ3n) is 3.44. The van der Waals surface area contributed by atoms with E-state index in [0.29, 0.717) is 14.9 Å². The van der Waals surface area contributed by atoms with Crippen molar-refractivity contribution in [2.45, 2.75) is 13.1 Å². The van der Waals surface area contributed by atoms with Crippen LogP contribution in [0.15, 0.2) is 47.6 Å². The fourth-order valence-electron chi connectivity index (χ4n) is 2.12. The van der Waals surface area contributed by atoms with E-state index in [4.69, 9.17) is 9.47 Å². The minimum Gasteiger partial charge on any atom is -0.481 e. The SMILES string of the molecule is CCOC(=O)COc1ccc(/C=N\NC(=O)c2cccc(C(F)(F)F)c2)cc1I. The van der Waals surface area contributed by atoms with Gasteiger partial charge in [-0.1, -0.05) is 6.07 Å². The van der Waals surface area contributed by atoms with Crippen LogP contribution in [0.2, 0.25) is 0 Å². The van der Waals surface area contributed by atoms with Crippen molar-refractivity contribution in [3.63, 3.8) is 0 Å². The standard InChI is InChI=1S/C19H16F3IN2O4/c1-2-28-17(26)11-29-16-7-6-12(8-15(16)23)10-24-25-18(27)13-4-3-5-14(9-13)19(20,21)22/h3-10H,2,11H2,1H3,(H,25,27)/b24-10-. The third-order valence-corrected chi connectivity index (χ3v) is 4.28. The Labute approximate surface area is 178 Å². The fraction of sp³-hybridized carbons (Fsp3) is 0.211. The normalized spacial score (nSPS) is 11.3. The zero-order valence-corrected chi connectivity index (χ0v) is 17.3. The topological polar surface area (TPSA) is 77.0 Å². The lowest BCUT2D eigenvalue weighted by Crippen LogP contribution is -2.18. The number of hydrogen-bond acceptors (Lipinski definition) is 5. The van der Waals surface area contributed by atoms with Crippen molar-refractivity contribution in [3.05, 3.63) is 62.7 Å². The lowest BCUT2D eigenvalue weighted by Gasteiger charge is -2.08. The van der Waals surface area contributed by atoms with E-state index in [-0.39, 0.29) is 18.8 Å². The molecular weight excluding hydrogens is 504 g/mol. The van der Waals surface area contributed by atoms with Crippen LogP contribution < -0.4 is 10.2 Å². The molecule has 0 atom stereocenters. The number of hydrogen-bond donors (Lipinski definition) is 1. The van der Waals surface area contributed by atoms with E-state index in [0.717, 1.165) is 18.2 Å². The lowest BCUT2D eigenvalue weighted by molar-refractivity contribution is -0.145. The van der Waals surface area contributed by atoms with Gasteiger partial charge in [-0.15, -0.1) is 0 Å². The molecule has 6 nitrogen and oxygen atoms in total. The third kappa shape index (κ3) is 7.04. The number of alkyl halides is 3. The molecular formula is C19H16F3IN2O4. The largest absolute Gasteiger partial charge is 0.481 e. The van der Waals surface area contributed by atoms with E-state index in [1.807, 2.05) is 22.6 Å². The Hall–Kier alpha value is -2.63.